The highest BCUT2D eigenvalue weighted by Crippen LogP contribution is 2.41. The molecule has 0 aliphatic heterocycles. The first-order chi connectivity index (χ1) is 12.2. The summed E-state index contributed by atoms with van der Waals surface area (Å²) < 4.78 is 16.0. The van der Waals surface area contributed by atoms with Crippen LogP contribution in [0.2, 0.25) is 0 Å². The molecule has 8 heteroatoms. The number of nitrogens with two attached hydrogens (primary N) is 1. The molecule has 1 aromatic carbocycles. The van der Waals surface area contributed by atoms with Crippen molar-refractivity contribution in [3.05, 3.63) is 36.5 Å². The van der Waals surface area contributed by atoms with E-state index in [0.717, 1.165) is 0 Å². The first kappa shape index (κ1) is 16.4. The van der Waals surface area contributed by atoms with Crippen LogP contribution in [0.1, 0.15) is 0 Å². The third-order valence-electron chi connectivity index (χ3n) is 3.60. The Morgan fingerprint density at radius 3 is 2.16 bits per heavy atom. The highest BCUT2D eigenvalue weighted by molar-refractivity contribution is 5.85. The average Bonchev–Trinajstić information content (AvgIpc) is 2.67. The zero-order valence-electron chi connectivity index (χ0n) is 14.1. The number of hydrogen-bond donors (Lipinski definition) is 1. The lowest BCUT2D eigenvalue weighted by Gasteiger charge is -2.15. The van der Waals surface area contributed by atoms with Crippen LogP contribution >= 0.6 is 0 Å². The van der Waals surface area contributed by atoms with Crippen LogP contribution in [-0.2, 0) is 0 Å². The maximum Gasteiger partial charge on any atom is 0.233 e. The molecule has 2 heterocycles. The van der Waals surface area contributed by atoms with Gasteiger partial charge in [-0.25, -0.2) is 9.97 Å². The van der Waals surface area contributed by atoms with Crippen molar-refractivity contribution < 1.29 is 14.2 Å². The fourth-order valence-electron chi connectivity index (χ4n) is 2.43. The standard InChI is InChI=1S/C17H17N5O3/c1-23-12-5-4-6-13(24-2)15(12)16-10(9-19-17(18)20-16)11-7-8-14(25-3)22-21-11/h4-9H,1-3H3,(H2,18,19,20). The van der Waals surface area contributed by atoms with E-state index in [9.17, 15) is 0 Å². The third kappa shape index (κ3) is 3.14. The second-order valence-electron chi connectivity index (χ2n) is 4.99. The van der Waals surface area contributed by atoms with Gasteiger partial charge in [0, 0.05) is 17.8 Å². The number of nitrogen functional groups attached to an aromatic ring is 1. The van der Waals surface area contributed by atoms with Gasteiger partial charge in [0.1, 0.15) is 11.5 Å². The zero-order valence-corrected chi connectivity index (χ0v) is 14.1. The van der Waals surface area contributed by atoms with Crippen molar-refractivity contribution in [1.29, 1.82) is 0 Å². The van der Waals surface area contributed by atoms with Crippen molar-refractivity contribution in [2.24, 2.45) is 0 Å². The van der Waals surface area contributed by atoms with Gasteiger partial charge in [-0.05, 0) is 18.2 Å². The van der Waals surface area contributed by atoms with Gasteiger partial charge >= 0.3 is 0 Å². The largest absolute Gasteiger partial charge is 0.496 e. The molecular weight excluding hydrogens is 322 g/mol. The highest BCUT2D eigenvalue weighted by atomic mass is 16.5. The SMILES string of the molecule is COc1ccc(-c2cnc(N)nc2-c2c(OC)cccc2OC)nn1. The molecule has 0 spiro atoms. The average molecular weight is 339 g/mol. The van der Waals surface area contributed by atoms with Crippen LogP contribution in [0.15, 0.2) is 36.5 Å². The molecule has 25 heavy (non-hydrogen) atoms. The molecule has 2 aromatic heterocycles. The molecule has 0 atom stereocenters. The predicted molar refractivity (Wildman–Crippen MR) is 92.6 cm³/mol. The first-order valence-electron chi connectivity index (χ1n) is 7.40. The van der Waals surface area contributed by atoms with Crippen molar-refractivity contribution in [2.75, 3.05) is 27.1 Å². The van der Waals surface area contributed by atoms with Crippen molar-refractivity contribution >= 4 is 5.95 Å². The minimum atomic E-state index is 0.133. The Labute approximate surface area is 144 Å². The maximum absolute atomic E-state index is 5.81. The summed E-state index contributed by atoms with van der Waals surface area (Å²) in [5.74, 6) is 1.74. The van der Waals surface area contributed by atoms with E-state index in [4.69, 9.17) is 19.9 Å². The number of aromatic nitrogens is 4. The summed E-state index contributed by atoms with van der Waals surface area (Å²) in [6, 6.07) is 8.95. The number of ether oxygens (including phenoxy) is 3. The number of nitrogens with zero attached hydrogens (tertiary/aromatic N) is 4. The molecule has 0 fully saturated rings. The van der Waals surface area contributed by atoms with Gasteiger partial charge in [0.05, 0.1) is 38.3 Å². The van der Waals surface area contributed by atoms with Gasteiger partial charge in [0.15, 0.2) is 0 Å². The smallest absolute Gasteiger partial charge is 0.233 e. The number of rotatable bonds is 5. The molecule has 0 radical (unpaired) electrons. The van der Waals surface area contributed by atoms with Crippen molar-refractivity contribution in [2.45, 2.75) is 0 Å². The van der Waals surface area contributed by atoms with Gasteiger partial charge < -0.3 is 19.9 Å². The van der Waals surface area contributed by atoms with Gasteiger partial charge in [-0.15, -0.1) is 10.2 Å². The number of benzene rings is 1. The predicted octanol–water partition coefficient (Wildman–Crippen LogP) is 2.21. The summed E-state index contributed by atoms with van der Waals surface area (Å²) in [4.78, 5) is 8.47. The summed E-state index contributed by atoms with van der Waals surface area (Å²) in [6.45, 7) is 0. The second kappa shape index (κ2) is 7.00. The van der Waals surface area contributed by atoms with E-state index in [1.54, 1.807) is 32.5 Å². The van der Waals surface area contributed by atoms with Crippen LogP contribution in [0.5, 0.6) is 17.4 Å². The van der Waals surface area contributed by atoms with Crippen molar-refractivity contribution in [3.63, 3.8) is 0 Å². The van der Waals surface area contributed by atoms with Crippen LogP contribution in [0, 0.1) is 0 Å². The van der Waals surface area contributed by atoms with Crippen LogP contribution in [0.3, 0.4) is 0 Å². The summed E-state index contributed by atoms with van der Waals surface area (Å²) in [6.07, 6.45) is 1.60. The van der Waals surface area contributed by atoms with E-state index in [2.05, 4.69) is 20.2 Å². The summed E-state index contributed by atoms with van der Waals surface area (Å²) >= 11 is 0. The fourth-order valence-corrected chi connectivity index (χ4v) is 2.43. The fraction of sp³-hybridized carbons (Fsp3) is 0.176. The van der Waals surface area contributed by atoms with E-state index < -0.39 is 0 Å². The Morgan fingerprint density at radius 2 is 1.60 bits per heavy atom. The summed E-state index contributed by atoms with van der Waals surface area (Å²) in [5.41, 5.74) is 8.23. The Morgan fingerprint density at radius 1 is 0.880 bits per heavy atom. The molecule has 0 saturated carbocycles. The summed E-state index contributed by atoms with van der Waals surface area (Å²) in [5, 5.41) is 8.16. The minimum absolute atomic E-state index is 0.133. The van der Waals surface area contributed by atoms with Crippen molar-refractivity contribution in [3.8, 4) is 39.9 Å². The molecule has 3 aromatic rings. The van der Waals surface area contributed by atoms with Gasteiger partial charge in [0.2, 0.25) is 11.8 Å². The Balaban J connectivity index is 2.25. The summed E-state index contributed by atoms with van der Waals surface area (Å²) in [7, 11) is 4.69. The highest BCUT2D eigenvalue weighted by Gasteiger charge is 2.20. The molecule has 8 nitrogen and oxygen atoms in total. The Kier molecular flexibility index (Phi) is 4.60. The second-order valence-corrected chi connectivity index (χ2v) is 4.99. The van der Waals surface area contributed by atoms with Crippen molar-refractivity contribution in [1.82, 2.24) is 20.2 Å². The molecule has 0 bridgehead atoms. The van der Waals surface area contributed by atoms with Gasteiger partial charge in [-0.1, -0.05) is 6.07 Å². The Hall–Kier alpha value is -3.42. The molecular formula is C17H17N5O3. The van der Waals surface area contributed by atoms with Crippen LogP contribution < -0.4 is 19.9 Å². The topological polar surface area (TPSA) is 105 Å². The molecule has 0 aliphatic carbocycles. The van der Waals surface area contributed by atoms with Gasteiger partial charge in [0.25, 0.3) is 0 Å². The molecule has 3 rings (SSSR count). The monoisotopic (exact) mass is 339 g/mol. The van der Waals surface area contributed by atoms with Crippen LogP contribution in [0.25, 0.3) is 22.5 Å². The van der Waals surface area contributed by atoms with Crippen LogP contribution in [0.4, 0.5) is 5.95 Å². The number of methoxy groups -OCH3 is 3. The van der Waals surface area contributed by atoms with Gasteiger partial charge in [-0.3, -0.25) is 0 Å². The normalized spacial score (nSPS) is 10.4. The minimum Gasteiger partial charge on any atom is -0.496 e. The third-order valence-corrected chi connectivity index (χ3v) is 3.60. The molecule has 0 saturated heterocycles. The lowest BCUT2D eigenvalue weighted by Crippen LogP contribution is -2.02. The van der Waals surface area contributed by atoms with E-state index >= 15 is 0 Å². The van der Waals surface area contributed by atoms with Gasteiger partial charge in [-0.2, -0.15) is 0 Å². The van der Waals surface area contributed by atoms with E-state index in [1.807, 2.05) is 18.2 Å². The first-order valence-corrected chi connectivity index (χ1v) is 7.40. The van der Waals surface area contributed by atoms with E-state index in [-0.39, 0.29) is 5.95 Å². The zero-order chi connectivity index (χ0) is 17.8. The number of anilines is 1. The molecule has 128 valence electrons. The van der Waals surface area contributed by atoms with E-state index in [1.165, 1.54) is 7.11 Å². The number of hydrogen-bond acceptors (Lipinski definition) is 8. The van der Waals surface area contributed by atoms with Crippen LogP contribution in [-0.4, -0.2) is 41.5 Å². The lowest BCUT2D eigenvalue weighted by molar-refractivity contribution is 0.392. The molecule has 0 aliphatic rings. The van der Waals surface area contributed by atoms with E-state index in [0.29, 0.717) is 39.9 Å². The molecule has 0 unspecified atom stereocenters. The lowest BCUT2D eigenvalue weighted by atomic mass is 10.0. The molecule has 0 amide bonds. The molecule has 2 N–H and O–H groups in total. The maximum atomic E-state index is 5.81. The quantitative estimate of drug-likeness (QED) is 0.754. The Bertz CT molecular complexity index is 862.